The average molecular weight is 507 g/mol. The molecule has 1 aliphatic heterocycles. The fourth-order valence-corrected chi connectivity index (χ4v) is 4.32. The minimum atomic E-state index is -4.60. The fourth-order valence-electron chi connectivity index (χ4n) is 4.32. The van der Waals surface area contributed by atoms with Crippen LogP contribution in [0.4, 0.5) is 13.2 Å². The number of alkyl halides is 3. The number of cyclic esters (lactones) is 1. The molecule has 0 spiro atoms. The molecule has 1 saturated heterocycles. The summed E-state index contributed by atoms with van der Waals surface area (Å²) in [5.41, 5.74) is 2.56. The summed E-state index contributed by atoms with van der Waals surface area (Å²) in [5, 5.41) is 0. The molecule has 0 unspecified atom stereocenters. The van der Waals surface area contributed by atoms with E-state index in [0.717, 1.165) is 23.3 Å². The predicted octanol–water partition coefficient (Wildman–Crippen LogP) is 8.03. The number of carbonyl (C=O) groups is 1. The highest BCUT2D eigenvalue weighted by Crippen LogP contribution is 2.32. The first kappa shape index (κ1) is 28.0. The zero-order valence-corrected chi connectivity index (χ0v) is 21.0. The van der Waals surface area contributed by atoms with Crippen LogP contribution in [0.25, 0.3) is 11.1 Å². The molecule has 0 radical (unpaired) electrons. The van der Waals surface area contributed by atoms with E-state index in [9.17, 15) is 18.0 Å². The maximum Gasteiger partial charge on any atom is 0.418 e. The smallest absolute Gasteiger partial charge is 0.418 e. The summed E-state index contributed by atoms with van der Waals surface area (Å²) in [7, 11) is 0. The SMILES string of the molecule is CCCCCCCCCCOc1ccc(-c2ccc(CO[C@@H]([C@H]3CCC(=O)O3)C(F)(F)F)cc2)cc1. The highest BCUT2D eigenvalue weighted by Gasteiger charge is 2.49. The van der Waals surface area contributed by atoms with Crippen LogP contribution >= 0.6 is 0 Å². The fraction of sp³-hybridized carbons (Fsp3) is 0.552. The van der Waals surface area contributed by atoms with Gasteiger partial charge in [-0.05, 0) is 41.7 Å². The van der Waals surface area contributed by atoms with E-state index in [1.807, 2.05) is 36.4 Å². The first-order chi connectivity index (χ1) is 17.4. The van der Waals surface area contributed by atoms with Crippen LogP contribution in [0.1, 0.15) is 76.7 Å². The van der Waals surface area contributed by atoms with Crippen molar-refractivity contribution >= 4 is 5.97 Å². The van der Waals surface area contributed by atoms with Crippen molar-refractivity contribution in [2.75, 3.05) is 6.61 Å². The van der Waals surface area contributed by atoms with Gasteiger partial charge in [0.1, 0.15) is 11.9 Å². The van der Waals surface area contributed by atoms with Crippen molar-refractivity contribution in [3.63, 3.8) is 0 Å². The topological polar surface area (TPSA) is 44.8 Å². The van der Waals surface area contributed by atoms with Crippen molar-refractivity contribution in [3.8, 4) is 16.9 Å². The van der Waals surface area contributed by atoms with Crippen molar-refractivity contribution < 1.29 is 32.2 Å². The largest absolute Gasteiger partial charge is 0.494 e. The van der Waals surface area contributed by atoms with E-state index < -0.39 is 24.4 Å². The molecule has 0 bridgehead atoms. The second-order valence-corrected chi connectivity index (χ2v) is 9.38. The van der Waals surface area contributed by atoms with Crippen molar-refractivity contribution in [2.45, 2.75) is 96.1 Å². The van der Waals surface area contributed by atoms with Crippen molar-refractivity contribution in [1.29, 1.82) is 0 Å². The molecule has 198 valence electrons. The molecule has 7 heteroatoms. The Balaban J connectivity index is 1.42. The van der Waals surface area contributed by atoms with Gasteiger partial charge in [-0.1, -0.05) is 88.3 Å². The van der Waals surface area contributed by atoms with Gasteiger partial charge >= 0.3 is 12.1 Å². The second-order valence-electron chi connectivity index (χ2n) is 9.38. The molecule has 2 aromatic rings. The van der Waals surface area contributed by atoms with E-state index in [1.54, 1.807) is 12.1 Å². The van der Waals surface area contributed by atoms with E-state index in [0.29, 0.717) is 12.2 Å². The average Bonchev–Trinajstić information content (AvgIpc) is 3.28. The third-order valence-electron chi connectivity index (χ3n) is 6.41. The van der Waals surface area contributed by atoms with Crippen LogP contribution in [0.3, 0.4) is 0 Å². The van der Waals surface area contributed by atoms with Gasteiger partial charge in [-0.2, -0.15) is 13.2 Å². The van der Waals surface area contributed by atoms with E-state index in [1.165, 1.54) is 44.9 Å². The monoisotopic (exact) mass is 506 g/mol. The van der Waals surface area contributed by atoms with E-state index in [4.69, 9.17) is 14.2 Å². The van der Waals surface area contributed by atoms with Gasteiger partial charge in [0.15, 0.2) is 6.10 Å². The first-order valence-electron chi connectivity index (χ1n) is 13.1. The zero-order chi connectivity index (χ0) is 25.8. The summed E-state index contributed by atoms with van der Waals surface area (Å²) in [6.07, 6.45) is 2.08. The van der Waals surface area contributed by atoms with Crippen LogP contribution in [0.2, 0.25) is 0 Å². The Morgan fingerprint density at radius 2 is 1.47 bits per heavy atom. The number of rotatable bonds is 15. The van der Waals surface area contributed by atoms with Crippen LogP contribution in [-0.2, 0) is 20.9 Å². The quantitative estimate of drug-likeness (QED) is 0.181. The van der Waals surface area contributed by atoms with E-state index >= 15 is 0 Å². The summed E-state index contributed by atoms with van der Waals surface area (Å²) in [6, 6.07) is 15.0. The van der Waals surface area contributed by atoms with Crippen LogP contribution in [0, 0.1) is 0 Å². The predicted molar refractivity (Wildman–Crippen MR) is 134 cm³/mol. The summed E-state index contributed by atoms with van der Waals surface area (Å²) in [6.45, 7) is 2.72. The molecule has 2 aromatic carbocycles. The maximum absolute atomic E-state index is 13.4. The Hall–Kier alpha value is -2.54. The molecule has 1 aliphatic rings. The van der Waals surface area contributed by atoms with Crippen LogP contribution in [-0.4, -0.2) is 31.0 Å². The third kappa shape index (κ3) is 9.16. The first-order valence-corrected chi connectivity index (χ1v) is 13.1. The molecule has 2 atom stereocenters. The van der Waals surface area contributed by atoms with Crippen molar-refractivity contribution in [3.05, 3.63) is 54.1 Å². The molecule has 0 N–H and O–H groups in total. The molecule has 3 rings (SSSR count). The maximum atomic E-state index is 13.4. The lowest BCUT2D eigenvalue weighted by Gasteiger charge is -2.25. The highest BCUT2D eigenvalue weighted by atomic mass is 19.4. The molecular formula is C29H37F3O4. The van der Waals surface area contributed by atoms with Gasteiger partial charge in [0, 0.05) is 6.42 Å². The zero-order valence-electron chi connectivity index (χ0n) is 21.0. The normalized spacial score (nSPS) is 16.7. The van der Waals surface area contributed by atoms with Gasteiger partial charge in [0.2, 0.25) is 0 Å². The number of hydrogen-bond acceptors (Lipinski definition) is 4. The molecule has 36 heavy (non-hydrogen) atoms. The number of carbonyl (C=O) groups excluding carboxylic acids is 1. The summed E-state index contributed by atoms with van der Waals surface area (Å²) in [5.74, 6) is 0.212. The molecule has 4 nitrogen and oxygen atoms in total. The highest BCUT2D eigenvalue weighted by molar-refractivity contribution is 5.71. The summed E-state index contributed by atoms with van der Waals surface area (Å²) < 4.78 is 55.9. The lowest BCUT2D eigenvalue weighted by atomic mass is 10.0. The van der Waals surface area contributed by atoms with Gasteiger partial charge in [0.25, 0.3) is 0 Å². The Morgan fingerprint density at radius 3 is 2.03 bits per heavy atom. The Bertz CT molecular complexity index is 910. The van der Waals surface area contributed by atoms with Crippen LogP contribution < -0.4 is 4.74 Å². The Kier molecular flexibility index (Phi) is 11.1. The van der Waals surface area contributed by atoms with Gasteiger partial charge < -0.3 is 14.2 Å². The number of ether oxygens (including phenoxy) is 3. The molecule has 0 amide bonds. The van der Waals surface area contributed by atoms with Gasteiger partial charge in [-0.25, -0.2) is 0 Å². The lowest BCUT2D eigenvalue weighted by Crippen LogP contribution is -2.41. The molecule has 1 fully saturated rings. The molecule has 0 saturated carbocycles. The van der Waals surface area contributed by atoms with E-state index in [2.05, 4.69) is 6.92 Å². The van der Waals surface area contributed by atoms with Crippen LogP contribution in [0.5, 0.6) is 5.75 Å². The van der Waals surface area contributed by atoms with E-state index in [-0.39, 0.29) is 19.4 Å². The van der Waals surface area contributed by atoms with Gasteiger partial charge in [0.05, 0.1) is 13.2 Å². The second kappa shape index (κ2) is 14.3. The van der Waals surface area contributed by atoms with Crippen molar-refractivity contribution in [2.24, 2.45) is 0 Å². The minimum Gasteiger partial charge on any atom is -0.494 e. The molecule has 0 aliphatic carbocycles. The summed E-state index contributed by atoms with van der Waals surface area (Å²) >= 11 is 0. The standard InChI is InChI=1S/C29H37F3O4/c1-2-3-4-5-6-7-8-9-20-34-25-16-14-24(15-17-25)23-12-10-22(11-13-23)21-35-28(29(30,31)32)26-18-19-27(33)36-26/h10-17,26,28H,2-9,18-21H2,1H3/t26-,28+/m1/s1. The number of benzene rings is 2. The van der Waals surface area contributed by atoms with Crippen LogP contribution in [0.15, 0.2) is 48.5 Å². The van der Waals surface area contributed by atoms with Gasteiger partial charge in [-0.3, -0.25) is 4.79 Å². The number of halogens is 3. The summed E-state index contributed by atoms with van der Waals surface area (Å²) in [4.78, 5) is 11.2. The Morgan fingerprint density at radius 1 is 0.889 bits per heavy atom. The molecular weight excluding hydrogens is 469 g/mol. The molecule has 0 aromatic heterocycles. The third-order valence-corrected chi connectivity index (χ3v) is 6.41. The number of esters is 1. The number of hydrogen-bond donors (Lipinski definition) is 0. The number of unbranched alkanes of at least 4 members (excludes halogenated alkanes) is 7. The Labute approximate surface area is 212 Å². The van der Waals surface area contributed by atoms with Gasteiger partial charge in [-0.15, -0.1) is 0 Å². The van der Waals surface area contributed by atoms with Crippen molar-refractivity contribution in [1.82, 2.24) is 0 Å². The minimum absolute atomic E-state index is 0.0147. The lowest BCUT2D eigenvalue weighted by molar-refractivity contribution is -0.249. The molecule has 1 heterocycles.